The Labute approximate surface area is 128 Å². The van der Waals surface area contributed by atoms with Crippen molar-refractivity contribution in [3.05, 3.63) is 35.4 Å². The number of fused-ring (bicyclic) bond motifs is 1. The molecule has 3 rings (SSSR count). The third-order valence-corrected chi connectivity index (χ3v) is 5.15. The maximum absolute atomic E-state index is 5.60. The van der Waals surface area contributed by atoms with E-state index in [1.807, 2.05) is 0 Å². The molecule has 3 atom stereocenters. The second-order valence-electron chi connectivity index (χ2n) is 6.38. The van der Waals surface area contributed by atoms with Crippen molar-refractivity contribution in [2.24, 2.45) is 0 Å². The number of nitrogens with zero attached hydrogens (tertiary/aromatic N) is 1. The fourth-order valence-electron chi connectivity index (χ4n) is 3.96. The largest absolute Gasteiger partial charge is 0.380 e. The maximum Gasteiger partial charge on any atom is 0.0622 e. The molecule has 0 saturated carbocycles. The fraction of sp³-hybridized carbons (Fsp3) is 0.667. The zero-order valence-corrected chi connectivity index (χ0v) is 13.3. The van der Waals surface area contributed by atoms with Gasteiger partial charge in [0, 0.05) is 24.7 Å². The lowest BCUT2D eigenvalue weighted by Crippen LogP contribution is -2.47. The number of nitrogens with one attached hydrogen (secondary N) is 1. The molecule has 3 heteroatoms. The first kappa shape index (κ1) is 15.0. The van der Waals surface area contributed by atoms with Gasteiger partial charge in [0.1, 0.15) is 0 Å². The highest BCUT2D eigenvalue weighted by molar-refractivity contribution is 5.32. The Hall–Kier alpha value is -0.900. The van der Waals surface area contributed by atoms with Gasteiger partial charge in [0.25, 0.3) is 0 Å². The van der Waals surface area contributed by atoms with Crippen LogP contribution in [0.5, 0.6) is 0 Å². The molecule has 0 bridgehead atoms. The zero-order valence-electron chi connectivity index (χ0n) is 13.3. The van der Waals surface area contributed by atoms with Gasteiger partial charge in [-0.15, -0.1) is 0 Å². The molecule has 0 spiro atoms. The van der Waals surface area contributed by atoms with Crippen molar-refractivity contribution in [3.8, 4) is 0 Å². The molecular weight excluding hydrogens is 260 g/mol. The van der Waals surface area contributed by atoms with E-state index in [-0.39, 0.29) is 0 Å². The summed E-state index contributed by atoms with van der Waals surface area (Å²) < 4.78 is 5.60. The SMILES string of the molecule is CCNC1c2ccccc2CCCC1N(C)C1CCOC1. The number of benzene rings is 1. The van der Waals surface area contributed by atoms with Gasteiger partial charge < -0.3 is 10.1 Å². The number of likely N-dealkylation sites (N-methyl/N-ethyl adjacent to an activating group) is 2. The zero-order chi connectivity index (χ0) is 14.7. The summed E-state index contributed by atoms with van der Waals surface area (Å²) in [5.74, 6) is 0. The smallest absolute Gasteiger partial charge is 0.0622 e. The lowest BCUT2D eigenvalue weighted by molar-refractivity contribution is 0.108. The van der Waals surface area contributed by atoms with Crippen molar-refractivity contribution in [1.82, 2.24) is 10.2 Å². The van der Waals surface area contributed by atoms with E-state index in [1.165, 1.54) is 36.8 Å². The predicted octanol–water partition coefficient (Wildman–Crippen LogP) is 2.76. The average Bonchev–Trinajstić information content (AvgIpc) is 2.98. The number of hydrogen-bond acceptors (Lipinski definition) is 3. The van der Waals surface area contributed by atoms with E-state index in [0.29, 0.717) is 18.1 Å². The van der Waals surface area contributed by atoms with Crippen LogP contribution in [0.15, 0.2) is 24.3 Å². The monoisotopic (exact) mass is 288 g/mol. The molecule has 1 aromatic carbocycles. The van der Waals surface area contributed by atoms with Crippen molar-refractivity contribution >= 4 is 0 Å². The summed E-state index contributed by atoms with van der Waals surface area (Å²) in [7, 11) is 2.29. The third kappa shape index (κ3) is 3.15. The Kier molecular flexibility index (Phi) is 4.94. The van der Waals surface area contributed by atoms with Crippen LogP contribution in [0.3, 0.4) is 0 Å². The van der Waals surface area contributed by atoms with Gasteiger partial charge in [0.15, 0.2) is 0 Å². The molecule has 0 amide bonds. The molecule has 3 unspecified atom stereocenters. The van der Waals surface area contributed by atoms with Crippen LogP contribution < -0.4 is 5.32 Å². The van der Waals surface area contributed by atoms with Crippen LogP contribution in [0.25, 0.3) is 0 Å². The first-order valence-corrected chi connectivity index (χ1v) is 8.42. The van der Waals surface area contributed by atoms with Crippen molar-refractivity contribution in [2.45, 2.75) is 50.7 Å². The minimum Gasteiger partial charge on any atom is -0.380 e. The number of ether oxygens (including phenoxy) is 1. The highest BCUT2D eigenvalue weighted by Crippen LogP contribution is 2.33. The van der Waals surface area contributed by atoms with Crippen LogP contribution in [0.1, 0.15) is 43.4 Å². The highest BCUT2D eigenvalue weighted by atomic mass is 16.5. The van der Waals surface area contributed by atoms with Gasteiger partial charge in [0.05, 0.1) is 6.61 Å². The van der Waals surface area contributed by atoms with Gasteiger partial charge in [-0.3, -0.25) is 4.90 Å². The standard InChI is InChI=1S/C18H28N2O/c1-3-19-18-16-9-5-4-7-14(16)8-6-10-17(18)20(2)15-11-12-21-13-15/h4-5,7,9,15,17-19H,3,6,8,10-13H2,1-2H3. The van der Waals surface area contributed by atoms with E-state index in [9.17, 15) is 0 Å². The van der Waals surface area contributed by atoms with Crippen LogP contribution >= 0.6 is 0 Å². The van der Waals surface area contributed by atoms with E-state index in [2.05, 4.69) is 48.5 Å². The molecule has 116 valence electrons. The van der Waals surface area contributed by atoms with E-state index in [0.717, 1.165) is 19.8 Å². The molecule has 3 nitrogen and oxygen atoms in total. The molecule has 2 aliphatic rings. The van der Waals surface area contributed by atoms with E-state index < -0.39 is 0 Å². The fourth-order valence-corrected chi connectivity index (χ4v) is 3.96. The minimum atomic E-state index is 0.444. The Morgan fingerprint density at radius 2 is 2.14 bits per heavy atom. The third-order valence-electron chi connectivity index (χ3n) is 5.15. The quantitative estimate of drug-likeness (QED) is 0.862. The normalized spacial score (nSPS) is 29.4. The van der Waals surface area contributed by atoms with Crippen LogP contribution in [0.2, 0.25) is 0 Å². The van der Waals surface area contributed by atoms with Gasteiger partial charge in [-0.1, -0.05) is 31.2 Å². The van der Waals surface area contributed by atoms with Crippen LogP contribution in [0.4, 0.5) is 0 Å². The summed E-state index contributed by atoms with van der Waals surface area (Å²) in [6.45, 7) is 5.05. The molecule has 1 saturated heterocycles. The summed E-state index contributed by atoms with van der Waals surface area (Å²) in [6, 6.07) is 10.6. The van der Waals surface area contributed by atoms with Gasteiger partial charge in [-0.2, -0.15) is 0 Å². The molecule has 1 aliphatic carbocycles. The minimum absolute atomic E-state index is 0.444. The van der Waals surface area contributed by atoms with Crippen LogP contribution in [0, 0.1) is 0 Å². The van der Waals surface area contributed by atoms with E-state index >= 15 is 0 Å². The molecule has 21 heavy (non-hydrogen) atoms. The molecule has 1 N–H and O–H groups in total. The summed E-state index contributed by atoms with van der Waals surface area (Å²) in [6.07, 6.45) is 4.93. The van der Waals surface area contributed by atoms with E-state index in [1.54, 1.807) is 0 Å². The highest BCUT2D eigenvalue weighted by Gasteiger charge is 2.34. The topological polar surface area (TPSA) is 24.5 Å². The Bertz CT molecular complexity index is 456. The van der Waals surface area contributed by atoms with Crippen molar-refractivity contribution in [1.29, 1.82) is 0 Å². The maximum atomic E-state index is 5.60. The lowest BCUT2D eigenvalue weighted by atomic mass is 9.94. The molecule has 0 aromatic heterocycles. The molecule has 1 aliphatic heterocycles. The number of hydrogen-bond donors (Lipinski definition) is 1. The van der Waals surface area contributed by atoms with Crippen LogP contribution in [-0.4, -0.2) is 43.8 Å². The lowest BCUT2D eigenvalue weighted by Gasteiger charge is -2.37. The Morgan fingerprint density at radius 1 is 1.29 bits per heavy atom. The first-order chi connectivity index (χ1) is 10.3. The number of aryl methyl sites for hydroxylation is 1. The summed E-state index contributed by atoms with van der Waals surface area (Å²) in [5.41, 5.74) is 3.04. The van der Waals surface area contributed by atoms with Gasteiger partial charge >= 0.3 is 0 Å². The Balaban J connectivity index is 1.87. The van der Waals surface area contributed by atoms with Crippen molar-refractivity contribution in [3.63, 3.8) is 0 Å². The van der Waals surface area contributed by atoms with Gasteiger partial charge in [-0.05, 0) is 50.4 Å². The van der Waals surface area contributed by atoms with Gasteiger partial charge in [0.2, 0.25) is 0 Å². The second kappa shape index (κ2) is 6.91. The molecular formula is C18H28N2O. The predicted molar refractivity (Wildman–Crippen MR) is 86.6 cm³/mol. The van der Waals surface area contributed by atoms with Crippen molar-refractivity contribution < 1.29 is 4.74 Å². The van der Waals surface area contributed by atoms with Gasteiger partial charge in [-0.25, -0.2) is 0 Å². The van der Waals surface area contributed by atoms with Crippen LogP contribution in [-0.2, 0) is 11.2 Å². The summed E-state index contributed by atoms with van der Waals surface area (Å²) in [5, 5.41) is 3.75. The average molecular weight is 288 g/mol. The molecule has 0 radical (unpaired) electrons. The number of rotatable bonds is 4. The molecule has 1 aromatic rings. The molecule has 1 fully saturated rings. The van der Waals surface area contributed by atoms with Crippen molar-refractivity contribution in [2.75, 3.05) is 26.8 Å². The summed E-state index contributed by atoms with van der Waals surface area (Å²) in [4.78, 5) is 2.59. The second-order valence-corrected chi connectivity index (χ2v) is 6.38. The Morgan fingerprint density at radius 3 is 2.90 bits per heavy atom. The summed E-state index contributed by atoms with van der Waals surface area (Å²) >= 11 is 0. The van der Waals surface area contributed by atoms with E-state index in [4.69, 9.17) is 4.74 Å². The first-order valence-electron chi connectivity index (χ1n) is 8.42. The molecule has 1 heterocycles.